The van der Waals surface area contributed by atoms with E-state index >= 15 is 0 Å². The molecule has 1 aliphatic rings. The van der Waals surface area contributed by atoms with Gasteiger partial charge in [0.15, 0.2) is 0 Å². The number of piperidine rings is 1. The fraction of sp³-hybridized carbons (Fsp3) is 0.421. The zero-order valence-corrected chi connectivity index (χ0v) is 15.0. The van der Waals surface area contributed by atoms with Crippen LogP contribution in [0.2, 0.25) is 5.02 Å². The highest BCUT2D eigenvalue weighted by molar-refractivity contribution is 6.30. The van der Waals surface area contributed by atoms with Crippen LogP contribution in [0.1, 0.15) is 31.0 Å². The summed E-state index contributed by atoms with van der Waals surface area (Å²) in [7, 11) is 0. The number of hydrogen-bond acceptors (Lipinski definition) is 4. The highest BCUT2D eigenvalue weighted by atomic mass is 35.5. The van der Waals surface area contributed by atoms with Crippen molar-refractivity contribution in [1.82, 2.24) is 9.97 Å². The zero-order valence-electron chi connectivity index (χ0n) is 14.3. The molecule has 0 amide bonds. The summed E-state index contributed by atoms with van der Waals surface area (Å²) in [5, 5.41) is 10.6. The summed E-state index contributed by atoms with van der Waals surface area (Å²) in [5.74, 6) is 0.0465. The van der Waals surface area contributed by atoms with Gasteiger partial charge in [-0.05, 0) is 43.4 Å². The summed E-state index contributed by atoms with van der Waals surface area (Å²) in [6, 6.07) is 9.42. The predicted molar refractivity (Wildman–Crippen MR) is 98.1 cm³/mol. The van der Waals surface area contributed by atoms with Crippen molar-refractivity contribution in [2.45, 2.75) is 32.6 Å². The van der Waals surface area contributed by atoms with Crippen LogP contribution < -0.4 is 4.90 Å². The van der Waals surface area contributed by atoms with Crippen LogP contribution >= 0.6 is 11.6 Å². The second-order valence-electron chi connectivity index (χ2n) is 6.64. The molecular weight excluding hydrogens is 338 g/mol. The second-order valence-corrected chi connectivity index (χ2v) is 7.07. The quantitative estimate of drug-likeness (QED) is 0.883. The Bertz CT molecular complexity index is 768. The molecule has 3 rings (SSSR count). The maximum atomic E-state index is 12.2. The van der Waals surface area contributed by atoms with Gasteiger partial charge in [-0.2, -0.15) is 0 Å². The van der Waals surface area contributed by atoms with Gasteiger partial charge in [-0.25, -0.2) is 9.97 Å². The van der Waals surface area contributed by atoms with Crippen molar-refractivity contribution in [1.29, 1.82) is 0 Å². The Balaban J connectivity index is 1.87. The number of carboxylic acid groups (broad SMARTS) is 1. The average Bonchev–Trinajstić information content (AvgIpc) is 2.62. The molecule has 0 unspecified atom stereocenters. The Morgan fingerprint density at radius 2 is 2.20 bits per heavy atom. The van der Waals surface area contributed by atoms with E-state index in [1.807, 2.05) is 31.2 Å². The van der Waals surface area contributed by atoms with Gasteiger partial charge in [0, 0.05) is 29.9 Å². The number of halogens is 1. The Labute approximate surface area is 152 Å². The number of carbonyl (C=O) groups is 1. The number of rotatable bonds is 5. The number of aryl methyl sites for hydroxylation is 1. The number of hydrogen-bond donors (Lipinski definition) is 1. The molecule has 0 spiro atoms. The van der Waals surface area contributed by atoms with Crippen LogP contribution in [0.3, 0.4) is 0 Å². The van der Waals surface area contributed by atoms with E-state index in [1.54, 1.807) is 12.4 Å². The fourth-order valence-electron chi connectivity index (χ4n) is 3.51. The van der Waals surface area contributed by atoms with Gasteiger partial charge in [-0.3, -0.25) is 4.79 Å². The third kappa shape index (κ3) is 3.93. The van der Waals surface area contributed by atoms with Gasteiger partial charge in [0.05, 0.1) is 5.41 Å². The standard InChI is InChI=1S/C19H22ClN3O2/c1-2-16-10-17(22-13-21-16)23-8-4-7-19(12-23,18(24)25)11-14-5-3-6-15(20)9-14/h3,5-6,9-10,13H,2,4,7-8,11-12H2,1H3,(H,24,25)/t19-/m0/s1. The van der Waals surface area contributed by atoms with E-state index in [2.05, 4.69) is 14.9 Å². The Morgan fingerprint density at radius 3 is 2.92 bits per heavy atom. The van der Waals surface area contributed by atoms with E-state index in [0.29, 0.717) is 24.4 Å². The molecule has 1 fully saturated rings. The van der Waals surface area contributed by atoms with Gasteiger partial charge >= 0.3 is 5.97 Å². The lowest BCUT2D eigenvalue weighted by molar-refractivity contribution is -0.149. The van der Waals surface area contributed by atoms with Crippen LogP contribution in [0.5, 0.6) is 0 Å². The number of carboxylic acids is 1. The number of aromatic nitrogens is 2. The summed E-state index contributed by atoms with van der Waals surface area (Å²) in [5.41, 5.74) is 1.08. The first kappa shape index (κ1) is 17.7. The smallest absolute Gasteiger partial charge is 0.311 e. The molecule has 132 valence electrons. The van der Waals surface area contributed by atoms with Gasteiger partial charge in [0.1, 0.15) is 12.1 Å². The third-order valence-corrected chi connectivity index (χ3v) is 5.09. The Kier molecular flexibility index (Phi) is 5.23. The fourth-order valence-corrected chi connectivity index (χ4v) is 3.72. The van der Waals surface area contributed by atoms with Crippen LogP contribution in [-0.4, -0.2) is 34.1 Å². The third-order valence-electron chi connectivity index (χ3n) is 4.86. The molecule has 1 atom stereocenters. The number of benzene rings is 1. The molecule has 0 saturated carbocycles. The van der Waals surface area contributed by atoms with E-state index in [-0.39, 0.29) is 0 Å². The van der Waals surface area contributed by atoms with Gasteiger partial charge in [0.2, 0.25) is 0 Å². The summed E-state index contributed by atoms with van der Waals surface area (Å²) >= 11 is 6.07. The molecule has 25 heavy (non-hydrogen) atoms. The molecule has 1 aliphatic heterocycles. The van der Waals surface area contributed by atoms with Crippen molar-refractivity contribution in [2.75, 3.05) is 18.0 Å². The molecule has 1 aromatic carbocycles. The van der Waals surface area contributed by atoms with Gasteiger partial charge in [0.25, 0.3) is 0 Å². The van der Waals surface area contributed by atoms with Crippen molar-refractivity contribution < 1.29 is 9.90 Å². The summed E-state index contributed by atoms with van der Waals surface area (Å²) in [6.07, 6.45) is 4.32. The van der Waals surface area contributed by atoms with E-state index in [4.69, 9.17) is 11.6 Å². The minimum Gasteiger partial charge on any atom is -0.481 e. The molecule has 5 nitrogen and oxygen atoms in total. The van der Waals surface area contributed by atoms with Gasteiger partial charge in [-0.1, -0.05) is 30.7 Å². The van der Waals surface area contributed by atoms with Gasteiger partial charge in [-0.15, -0.1) is 0 Å². The molecule has 0 radical (unpaired) electrons. The lowest BCUT2D eigenvalue weighted by Crippen LogP contribution is -2.49. The van der Waals surface area contributed by atoms with E-state index in [0.717, 1.165) is 36.5 Å². The van der Waals surface area contributed by atoms with Crippen LogP contribution in [0.4, 0.5) is 5.82 Å². The molecule has 1 aromatic heterocycles. The lowest BCUT2D eigenvalue weighted by atomic mass is 9.75. The summed E-state index contributed by atoms with van der Waals surface area (Å²) in [4.78, 5) is 22.8. The molecular formula is C19H22ClN3O2. The van der Waals surface area contributed by atoms with Crippen molar-refractivity contribution in [3.05, 3.63) is 52.9 Å². The topological polar surface area (TPSA) is 66.3 Å². The number of aliphatic carboxylic acids is 1. The monoisotopic (exact) mass is 359 g/mol. The van der Waals surface area contributed by atoms with Crippen LogP contribution in [0, 0.1) is 5.41 Å². The van der Waals surface area contributed by atoms with Crippen molar-refractivity contribution in [2.24, 2.45) is 5.41 Å². The number of anilines is 1. The largest absolute Gasteiger partial charge is 0.481 e. The molecule has 1 N–H and O–H groups in total. The molecule has 2 aromatic rings. The molecule has 1 saturated heterocycles. The Morgan fingerprint density at radius 1 is 1.36 bits per heavy atom. The average molecular weight is 360 g/mol. The zero-order chi connectivity index (χ0) is 17.9. The van der Waals surface area contributed by atoms with E-state index < -0.39 is 11.4 Å². The highest BCUT2D eigenvalue weighted by Gasteiger charge is 2.43. The first-order valence-corrected chi connectivity index (χ1v) is 8.94. The maximum Gasteiger partial charge on any atom is 0.311 e. The predicted octanol–water partition coefficient (Wildman–Crippen LogP) is 3.61. The minimum atomic E-state index is -0.833. The van der Waals surface area contributed by atoms with E-state index in [9.17, 15) is 9.90 Å². The van der Waals surface area contributed by atoms with Crippen molar-refractivity contribution >= 4 is 23.4 Å². The molecule has 6 heteroatoms. The normalized spacial score (nSPS) is 20.5. The molecule has 2 heterocycles. The number of nitrogens with zero attached hydrogens (tertiary/aromatic N) is 3. The van der Waals surface area contributed by atoms with E-state index in [1.165, 1.54) is 0 Å². The van der Waals surface area contributed by atoms with Gasteiger partial charge < -0.3 is 10.0 Å². The van der Waals surface area contributed by atoms with Crippen molar-refractivity contribution in [3.63, 3.8) is 0 Å². The second kappa shape index (κ2) is 7.40. The summed E-state index contributed by atoms with van der Waals surface area (Å²) in [6.45, 7) is 3.29. The first-order chi connectivity index (χ1) is 12.0. The Hall–Kier alpha value is -2.14. The highest BCUT2D eigenvalue weighted by Crippen LogP contribution is 2.36. The summed E-state index contributed by atoms with van der Waals surface area (Å²) < 4.78 is 0. The first-order valence-electron chi connectivity index (χ1n) is 8.56. The van der Waals surface area contributed by atoms with Crippen LogP contribution in [0.15, 0.2) is 36.7 Å². The maximum absolute atomic E-state index is 12.2. The molecule has 0 bridgehead atoms. The van der Waals surface area contributed by atoms with Crippen molar-refractivity contribution in [3.8, 4) is 0 Å². The van der Waals surface area contributed by atoms with Crippen LogP contribution in [-0.2, 0) is 17.6 Å². The SMILES string of the molecule is CCc1cc(N2CCC[C@@](Cc3cccc(Cl)c3)(C(=O)O)C2)ncn1. The lowest BCUT2D eigenvalue weighted by Gasteiger charge is -2.40. The minimum absolute atomic E-state index is 0.439. The van der Waals surface area contributed by atoms with Crippen LogP contribution in [0.25, 0.3) is 0 Å². The molecule has 0 aliphatic carbocycles.